The fourth-order valence-corrected chi connectivity index (χ4v) is 1.10. The lowest BCUT2D eigenvalue weighted by Crippen LogP contribution is -2.32. The summed E-state index contributed by atoms with van der Waals surface area (Å²) in [4.78, 5) is 8.54. The summed E-state index contributed by atoms with van der Waals surface area (Å²) in [7, 11) is 0. The third-order valence-corrected chi connectivity index (χ3v) is 1.88. The number of aliphatic hydroxyl groups excluding tert-OH is 3. The molecule has 1 aromatic heterocycles. The Labute approximate surface area is 95.6 Å². The van der Waals surface area contributed by atoms with Gasteiger partial charge in [0.1, 0.15) is 5.82 Å². The Morgan fingerprint density at radius 2 is 1.62 bits per heavy atom. The van der Waals surface area contributed by atoms with Gasteiger partial charge in [-0.05, 0) is 6.92 Å². The number of hydrogen-bond donors (Lipinski definition) is 4. The number of rotatable bonds is 6. The highest BCUT2D eigenvalue weighted by molar-refractivity contribution is 4.80. The van der Waals surface area contributed by atoms with Crippen LogP contribution in [0.4, 0.5) is 0 Å². The summed E-state index contributed by atoms with van der Waals surface area (Å²) in [5.41, 5.74) is 0. The van der Waals surface area contributed by atoms with Crippen molar-refractivity contribution in [2.24, 2.45) is 0 Å². The number of imidazole rings is 1. The van der Waals surface area contributed by atoms with E-state index in [1.165, 1.54) is 0 Å². The summed E-state index contributed by atoms with van der Waals surface area (Å²) in [5, 5.41) is 25.5. The maximum atomic E-state index is 8.48. The normalized spacial score (nSPS) is 10.1. The number of H-pyrrole nitrogens is 1. The van der Waals surface area contributed by atoms with Gasteiger partial charge in [-0.2, -0.15) is 0 Å². The highest BCUT2D eigenvalue weighted by atomic mass is 16.3. The minimum Gasteiger partial charge on any atom is -0.395 e. The molecular weight excluding hydrogens is 210 g/mol. The van der Waals surface area contributed by atoms with E-state index in [0.717, 1.165) is 5.82 Å². The zero-order chi connectivity index (χ0) is 12.2. The molecule has 0 saturated carbocycles. The van der Waals surface area contributed by atoms with Gasteiger partial charge in [0, 0.05) is 32.0 Å². The lowest BCUT2D eigenvalue weighted by Gasteiger charge is -2.17. The van der Waals surface area contributed by atoms with Crippen LogP contribution in [0.25, 0.3) is 0 Å². The van der Waals surface area contributed by atoms with Crippen molar-refractivity contribution in [3.05, 3.63) is 18.2 Å². The molecule has 1 heterocycles. The maximum Gasteiger partial charge on any atom is 0.102 e. The Kier molecular flexibility index (Phi) is 9.94. The summed E-state index contributed by atoms with van der Waals surface area (Å²) in [6.07, 6.45) is 3.53. The van der Waals surface area contributed by atoms with Crippen LogP contribution in [0.2, 0.25) is 0 Å². The first kappa shape index (κ1) is 15.0. The van der Waals surface area contributed by atoms with Crippen LogP contribution >= 0.6 is 0 Å². The predicted molar refractivity (Wildman–Crippen MR) is 61.0 cm³/mol. The molecule has 0 aliphatic heterocycles. The summed E-state index contributed by atoms with van der Waals surface area (Å²) in [6.45, 7) is 3.67. The Morgan fingerprint density at radius 3 is 1.81 bits per heavy atom. The largest absolute Gasteiger partial charge is 0.395 e. The molecule has 4 N–H and O–H groups in total. The molecule has 0 fully saturated rings. The molecule has 6 heteroatoms. The summed E-state index contributed by atoms with van der Waals surface area (Å²) < 4.78 is 0. The molecule has 16 heavy (non-hydrogen) atoms. The standard InChI is InChI=1S/C6H15NO3.C4H6N2/c8-4-1-7(2-5-9)3-6-10;1-4-5-2-3-6-4/h8-10H,1-6H2;2-3H,1H3,(H,5,6). The Morgan fingerprint density at radius 1 is 1.12 bits per heavy atom. The second-order valence-electron chi connectivity index (χ2n) is 3.19. The highest BCUT2D eigenvalue weighted by Crippen LogP contribution is 1.84. The number of aromatic amines is 1. The predicted octanol–water partition coefficient (Wildman–Crippen LogP) is -1.02. The second kappa shape index (κ2) is 10.6. The minimum absolute atomic E-state index is 0.0694. The molecule has 0 unspecified atom stereocenters. The van der Waals surface area contributed by atoms with Crippen molar-refractivity contribution in [3.8, 4) is 0 Å². The van der Waals surface area contributed by atoms with Gasteiger partial charge in [0.05, 0.1) is 19.8 Å². The van der Waals surface area contributed by atoms with E-state index in [-0.39, 0.29) is 19.8 Å². The van der Waals surface area contributed by atoms with Crippen LogP contribution < -0.4 is 0 Å². The van der Waals surface area contributed by atoms with Gasteiger partial charge in [-0.3, -0.25) is 4.90 Å². The van der Waals surface area contributed by atoms with Crippen molar-refractivity contribution in [1.82, 2.24) is 14.9 Å². The zero-order valence-corrected chi connectivity index (χ0v) is 9.63. The fourth-order valence-electron chi connectivity index (χ4n) is 1.10. The van der Waals surface area contributed by atoms with Crippen LogP contribution in [0.15, 0.2) is 12.4 Å². The zero-order valence-electron chi connectivity index (χ0n) is 9.63. The van der Waals surface area contributed by atoms with Gasteiger partial charge in [0.25, 0.3) is 0 Å². The lowest BCUT2D eigenvalue weighted by atomic mass is 10.4. The number of aliphatic hydroxyl groups is 3. The average molecular weight is 231 g/mol. The smallest absolute Gasteiger partial charge is 0.102 e. The molecular formula is C10H21N3O3. The van der Waals surface area contributed by atoms with Gasteiger partial charge in [-0.15, -0.1) is 0 Å². The number of hydrogen-bond acceptors (Lipinski definition) is 5. The SMILES string of the molecule is Cc1ncc[nH]1.OCCN(CCO)CCO. The van der Waals surface area contributed by atoms with Gasteiger partial charge in [0.2, 0.25) is 0 Å². The van der Waals surface area contributed by atoms with E-state index in [1.54, 1.807) is 17.3 Å². The number of aryl methyl sites for hydroxylation is 1. The van der Waals surface area contributed by atoms with E-state index in [2.05, 4.69) is 9.97 Å². The summed E-state index contributed by atoms with van der Waals surface area (Å²) in [5.74, 6) is 0.968. The van der Waals surface area contributed by atoms with Crippen LogP contribution in [0.5, 0.6) is 0 Å². The topological polar surface area (TPSA) is 92.6 Å². The highest BCUT2D eigenvalue weighted by Gasteiger charge is 2.00. The van der Waals surface area contributed by atoms with Gasteiger partial charge in [0.15, 0.2) is 0 Å². The molecule has 0 saturated heterocycles. The van der Waals surface area contributed by atoms with Crippen LogP contribution in [-0.2, 0) is 0 Å². The summed E-state index contributed by atoms with van der Waals surface area (Å²) >= 11 is 0. The fraction of sp³-hybridized carbons (Fsp3) is 0.700. The first-order chi connectivity index (χ1) is 7.74. The molecule has 0 radical (unpaired) electrons. The molecule has 0 spiro atoms. The minimum atomic E-state index is 0.0694. The molecule has 0 bridgehead atoms. The monoisotopic (exact) mass is 231 g/mol. The van der Waals surface area contributed by atoms with E-state index < -0.39 is 0 Å². The molecule has 0 amide bonds. The van der Waals surface area contributed by atoms with Crippen LogP contribution in [-0.4, -0.2) is 69.6 Å². The average Bonchev–Trinajstić information content (AvgIpc) is 2.71. The molecule has 94 valence electrons. The second-order valence-corrected chi connectivity index (χ2v) is 3.19. The van der Waals surface area contributed by atoms with Crippen LogP contribution in [0.3, 0.4) is 0 Å². The van der Waals surface area contributed by atoms with Crippen molar-refractivity contribution >= 4 is 0 Å². The first-order valence-corrected chi connectivity index (χ1v) is 5.25. The number of aromatic nitrogens is 2. The first-order valence-electron chi connectivity index (χ1n) is 5.25. The van der Waals surface area contributed by atoms with Crippen LogP contribution in [0, 0.1) is 6.92 Å². The van der Waals surface area contributed by atoms with E-state index in [0.29, 0.717) is 19.6 Å². The van der Waals surface area contributed by atoms with Gasteiger partial charge < -0.3 is 20.3 Å². The van der Waals surface area contributed by atoms with Crippen LogP contribution in [0.1, 0.15) is 5.82 Å². The van der Waals surface area contributed by atoms with Crippen molar-refractivity contribution in [2.45, 2.75) is 6.92 Å². The summed E-state index contributed by atoms with van der Waals surface area (Å²) in [6, 6.07) is 0. The molecule has 1 aromatic rings. The van der Waals surface area contributed by atoms with Gasteiger partial charge in [-0.1, -0.05) is 0 Å². The third kappa shape index (κ3) is 8.37. The number of nitrogens with one attached hydrogen (secondary N) is 1. The molecule has 0 atom stereocenters. The van der Waals surface area contributed by atoms with Crippen molar-refractivity contribution < 1.29 is 15.3 Å². The Balaban J connectivity index is 0.000000315. The van der Waals surface area contributed by atoms with Gasteiger partial charge >= 0.3 is 0 Å². The quantitative estimate of drug-likeness (QED) is 0.503. The molecule has 6 nitrogen and oxygen atoms in total. The lowest BCUT2D eigenvalue weighted by molar-refractivity contribution is 0.136. The van der Waals surface area contributed by atoms with Crippen molar-refractivity contribution in [1.29, 1.82) is 0 Å². The van der Waals surface area contributed by atoms with Crippen molar-refractivity contribution in [3.63, 3.8) is 0 Å². The van der Waals surface area contributed by atoms with E-state index >= 15 is 0 Å². The van der Waals surface area contributed by atoms with Gasteiger partial charge in [-0.25, -0.2) is 4.98 Å². The van der Waals surface area contributed by atoms with E-state index in [9.17, 15) is 0 Å². The number of nitrogens with zero attached hydrogens (tertiary/aromatic N) is 2. The van der Waals surface area contributed by atoms with Crippen molar-refractivity contribution in [2.75, 3.05) is 39.5 Å². The third-order valence-electron chi connectivity index (χ3n) is 1.88. The molecule has 0 aliphatic carbocycles. The van der Waals surface area contributed by atoms with E-state index in [1.807, 2.05) is 6.92 Å². The Hall–Kier alpha value is -0.950. The Bertz CT molecular complexity index is 215. The molecule has 1 rings (SSSR count). The molecule has 0 aliphatic rings. The maximum absolute atomic E-state index is 8.48. The molecule has 0 aromatic carbocycles. The van der Waals surface area contributed by atoms with E-state index in [4.69, 9.17) is 15.3 Å².